The fraction of sp³-hybridized carbons (Fsp3) is 0.552. The molecule has 0 saturated carbocycles. The predicted molar refractivity (Wildman–Crippen MR) is 145 cm³/mol. The van der Waals surface area contributed by atoms with E-state index in [-0.39, 0.29) is 18.1 Å². The number of ether oxygens (including phenoxy) is 5. The van der Waals surface area contributed by atoms with Crippen molar-refractivity contribution in [3.63, 3.8) is 0 Å². The first-order valence-electron chi connectivity index (χ1n) is 13.3. The summed E-state index contributed by atoms with van der Waals surface area (Å²) < 4.78 is 28.2. The standard InChI is InChI=1S/C29H40N2O7/c1-34-14-4-12-30-13-16-37-27-10-5-21(17-26(27)30)20-38-28-19-31(29(32)33)23(11-15-35-2)18-25(28)22-6-8-24(36-3)9-7-22/h5-10,17,23,25,28H,4,11-16,18-20H2,1-3H3,(H,32,33)/t23-,25-,28+/m1/s1. The number of nitrogens with zero attached hydrogens (tertiary/aromatic N) is 2. The maximum absolute atomic E-state index is 12.2. The van der Waals surface area contributed by atoms with Gasteiger partial charge in [0.15, 0.2) is 0 Å². The van der Waals surface area contributed by atoms with Crippen LogP contribution >= 0.6 is 0 Å². The van der Waals surface area contributed by atoms with Crippen molar-refractivity contribution in [3.05, 3.63) is 53.6 Å². The fourth-order valence-corrected chi connectivity index (χ4v) is 5.42. The molecule has 3 atom stereocenters. The van der Waals surface area contributed by atoms with E-state index in [9.17, 15) is 9.90 Å². The monoisotopic (exact) mass is 528 g/mol. The first-order valence-corrected chi connectivity index (χ1v) is 13.3. The normalized spacial score (nSPS) is 21.1. The molecule has 2 heterocycles. The number of fused-ring (bicyclic) bond motifs is 1. The van der Waals surface area contributed by atoms with Crippen LogP contribution in [0.25, 0.3) is 0 Å². The lowest BCUT2D eigenvalue weighted by Crippen LogP contribution is -2.52. The number of rotatable bonds is 12. The van der Waals surface area contributed by atoms with Crippen LogP contribution in [-0.4, -0.2) is 89.0 Å². The Labute approximate surface area is 225 Å². The van der Waals surface area contributed by atoms with Crippen LogP contribution in [-0.2, 0) is 20.8 Å². The summed E-state index contributed by atoms with van der Waals surface area (Å²) in [5.74, 6) is 1.71. The second-order valence-corrected chi connectivity index (χ2v) is 9.82. The average molecular weight is 529 g/mol. The number of piperidine rings is 1. The Morgan fingerprint density at radius 3 is 2.58 bits per heavy atom. The molecule has 2 aromatic carbocycles. The molecular weight excluding hydrogens is 488 g/mol. The molecule has 38 heavy (non-hydrogen) atoms. The number of benzene rings is 2. The van der Waals surface area contributed by atoms with Gasteiger partial charge in [0.25, 0.3) is 0 Å². The summed E-state index contributed by atoms with van der Waals surface area (Å²) in [5, 5.41) is 9.97. The Morgan fingerprint density at radius 1 is 1.08 bits per heavy atom. The van der Waals surface area contributed by atoms with Gasteiger partial charge in [0, 0.05) is 45.9 Å². The summed E-state index contributed by atoms with van der Waals surface area (Å²) >= 11 is 0. The van der Waals surface area contributed by atoms with Crippen molar-refractivity contribution in [2.45, 2.75) is 43.9 Å². The number of hydrogen-bond acceptors (Lipinski definition) is 7. The number of methoxy groups -OCH3 is 3. The Hall–Kier alpha value is -3.01. The molecular formula is C29H40N2O7. The van der Waals surface area contributed by atoms with Crippen molar-refractivity contribution in [1.82, 2.24) is 4.90 Å². The van der Waals surface area contributed by atoms with Crippen molar-refractivity contribution in [1.29, 1.82) is 0 Å². The molecule has 0 bridgehead atoms. The molecule has 2 aliphatic heterocycles. The van der Waals surface area contributed by atoms with E-state index in [4.69, 9.17) is 23.7 Å². The zero-order chi connectivity index (χ0) is 26.9. The lowest BCUT2D eigenvalue weighted by Gasteiger charge is -2.43. The highest BCUT2D eigenvalue weighted by molar-refractivity contribution is 5.66. The van der Waals surface area contributed by atoms with Crippen LogP contribution in [0.15, 0.2) is 42.5 Å². The first kappa shape index (κ1) is 28.0. The van der Waals surface area contributed by atoms with Crippen molar-refractivity contribution in [3.8, 4) is 11.5 Å². The van der Waals surface area contributed by atoms with Gasteiger partial charge in [0.1, 0.15) is 18.1 Å². The highest BCUT2D eigenvalue weighted by Crippen LogP contribution is 2.37. The Bertz CT molecular complexity index is 1030. The van der Waals surface area contributed by atoms with E-state index in [1.807, 2.05) is 24.3 Å². The minimum atomic E-state index is -0.925. The smallest absolute Gasteiger partial charge is 0.407 e. The molecule has 0 unspecified atom stereocenters. The summed E-state index contributed by atoms with van der Waals surface area (Å²) in [4.78, 5) is 16.0. The highest BCUT2D eigenvalue weighted by atomic mass is 16.5. The van der Waals surface area contributed by atoms with Crippen molar-refractivity contribution >= 4 is 11.8 Å². The molecule has 1 fully saturated rings. The van der Waals surface area contributed by atoms with E-state index in [1.165, 1.54) is 4.90 Å². The highest BCUT2D eigenvalue weighted by Gasteiger charge is 2.39. The number of carboxylic acid groups (broad SMARTS) is 1. The maximum atomic E-state index is 12.2. The van der Waals surface area contributed by atoms with E-state index in [1.54, 1.807) is 21.3 Å². The number of hydrogen-bond donors (Lipinski definition) is 1. The van der Waals surface area contributed by atoms with E-state index in [2.05, 4.69) is 23.1 Å². The van der Waals surface area contributed by atoms with E-state index in [0.29, 0.717) is 39.2 Å². The van der Waals surface area contributed by atoms with Gasteiger partial charge >= 0.3 is 6.09 Å². The van der Waals surface area contributed by atoms with Crippen LogP contribution in [0.3, 0.4) is 0 Å². The molecule has 9 nitrogen and oxygen atoms in total. The maximum Gasteiger partial charge on any atom is 0.407 e. The lowest BCUT2D eigenvalue weighted by molar-refractivity contribution is -0.0401. The van der Waals surface area contributed by atoms with Gasteiger partial charge in [-0.25, -0.2) is 4.79 Å². The molecule has 9 heteroatoms. The van der Waals surface area contributed by atoms with Crippen LogP contribution in [0.5, 0.6) is 11.5 Å². The first-order chi connectivity index (χ1) is 18.5. The second-order valence-electron chi connectivity index (χ2n) is 9.82. The second kappa shape index (κ2) is 13.7. The molecule has 0 radical (unpaired) electrons. The van der Waals surface area contributed by atoms with E-state index >= 15 is 0 Å². The van der Waals surface area contributed by atoms with Crippen LogP contribution in [0.1, 0.15) is 36.3 Å². The quantitative estimate of drug-likeness (QED) is 0.406. The summed E-state index contributed by atoms with van der Waals surface area (Å²) in [6.07, 6.45) is 1.04. The minimum absolute atomic E-state index is 0.0462. The number of likely N-dealkylation sites (tertiary alicyclic amines) is 1. The predicted octanol–water partition coefficient (Wildman–Crippen LogP) is 4.39. The zero-order valence-electron chi connectivity index (χ0n) is 22.6. The van der Waals surface area contributed by atoms with Gasteiger partial charge < -0.3 is 38.6 Å². The SMILES string of the molecule is COCCCN1CCOc2ccc(CO[C@H]3CN(C(=O)O)[C@H](CCOC)C[C@@H]3c3ccc(OC)cc3)cc21. The zero-order valence-corrected chi connectivity index (χ0v) is 22.6. The van der Waals surface area contributed by atoms with Crippen LogP contribution in [0, 0.1) is 0 Å². The number of amides is 1. The molecule has 0 aliphatic carbocycles. The third-order valence-corrected chi connectivity index (χ3v) is 7.46. The Balaban J connectivity index is 1.52. The molecule has 4 rings (SSSR count). The molecule has 2 aromatic rings. The number of carbonyl (C=O) groups is 1. The minimum Gasteiger partial charge on any atom is -0.497 e. The van der Waals surface area contributed by atoms with E-state index in [0.717, 1.165) is 54.4 Å². The van der Waals surface area contributed by atoms with Crippen LogP contribution in [0.2, 0.25) is 0 Å². The number of anilines is 1. The summed E-state index contributed by atoms with van der Waals surface area (Å²) in [6.45, 7) is 4.30. The summed E-state index contributed by atoms with van der Waals surface area (Å²) in [7, 11) is 5.01. The van der Waals surface area contributed by atoms with E-state index < -0.39 is 6.09 Å². The summed E-state index contributed by atoms with van der Waals surface area (Å²) in [6, 6.07) is 14.0. The summed E-state index contributed by atoms with van der Waals surface area (Å²) in [5.41, 5.74) is 3.21. The van der Waals surface area contributed by atoms with Gasteiger partial charge in [-0.2, -0.15) is 0 Å². The molecule has 1 amide bonds. The molecule has 2 aliphatic rings. The largest absolute Gasteiger partial charge is 0.497 e. The molecule has 208 valence electrons. The topological polar surface area (TPSA) is 89.9 Å². The van der Waals surface area contributed by atoms with Gasteiger partial charge in [-0.15, -0.1) is 0 Å². The third-order valence-electron chi connectivity index (χ3n) is 7.46. The third kappa shape index (κ3) is 6.89. The Kier molecular flexibility index (Phi) is 10.1. The van der Waals surface area contributed by atoms with Gasteiger partial charge in [-0.05, 0) is 54.7 Å². The van der Waals surface area contributed by atoms with Gasteiger partial charge in [0.2, 0.25) is 0 Å². The van der Waals surface area contributed by atoms with Crippen molar-refractivity contribution in [2.24, 2.45) is 0 Å². The fourth-order valence-electron chi connectivity index (χ4n) is 5.42. The molecule has 0 aromatic heterocycles. The molecule has 1 N–H and O–H groups in total. The van der Waals surface area contributed by atoms with Crippen LogP contribution < -0.4 is 14.4 Å². The lowest BCUT2D eigenvalue weighted by atomic mass is 9.82. The van der Waals surface area contributed by atoms with Crippen molar-refractivity contribution in [2.75, 3.05) is 65.7 Å². The van der Waals surface area contributed by atoms with Crippen LogP contribution in [0.4, 0.5) is 10.5 Å². The Morgan fingerprint density at radius 2 is 1.87 bits per heavy atom. The van der Waals surface area contributed by atoms with Gasteiger partial charge in [-0.1, -0.05) is 18.2 Å². The van der Waals surface area contributed by atoms with Crippen molar-refractivity contribution < 1.29 is 33.6 Å². The van der Waals surface area contributed by atoms with Gasteiger partial charge in [-0.3, -0.25) is 0 Å². The average Bonchev–Trinajstić information content (AvgIpc) is 2.95. The molecule has 1 saturated heterocycles. The molecule has 0 spiro atoms. The van der Waals surface area contributed by atoms with Gasteiger partial charge in [0.05, 0.1) is 38.6 Å².